The van der Waals surface area contributed by atoms with E-state index in [1.165, 1.54) is 6.33 Å². The highest BCUT2D eigenvalue weighted by Crippen LogP contribution is 2.36. The van der Waals surface area contributed by atoms with Crippen LogP contribution in [0.2, 0.25) is 23.3 Å². The number of rotatable bonds is 4. The number of fused-ring (bicyclic) bond motifs is 1. The third kappa shape index (κ3) is 3.30. The number of aromatic nitrogens is 3. The first-order chi connectivity index (χ1) is 9.63. The topological polar surface area (TPSA) is 39.9 Å². The van der Waals surface area contributed by atoms with Crippen molar-refractivity contribution in [3.63, 3.8) is 0 Å². The fourth-order valence-electron chi connectivity index (χ4n) is 2.08. The highest BCUT2D eigenvalue weighted by Gasteiger charge is 2.36. The third-order valence-electron chi connectivity index (χ3n) is 4.43. The van der Waals surface area contributed by atoms with Gasteiger partial charge in [0.05, 0.1) is 5.39 Å². The van der Waals surface area contributed by atoms with E-state index < -0.39 is 8.32 Å². The van der Waals surface area contributed by atoms with E-state index in [-0.39, 0.29) is 5.04 Å². The summed E-state index contributed by atoms with van der Waals surface area (Å²) in [6.07, 6.45) is 4.40. The molecule has 6 heteroatoms. The summed E-state index contributed by atoms with van der Waals surface area (Å²) in [6, 6.07) is 0. The molecule has 0 fully saturated rings. The quantitative estimate of drug-likeness (QED) is 0.625. The predicted molar refractivity (Wildman–Crippen MR) is 90.4 cm³/mol. The van der Waals surface area contributed by atoms with E-state index in [2.05, 4.69) is 50.0 Å². The van der Waals surface area contributed by atoms with Crippen LogP contribution < -0.4 is 0 Å². The fraction of sp³-hybridized carbons (Fsp3) is 0.600. The SMILES string of the molecule is Cn1cc(CCO[Si](C)(C)C(C)(C)C)c2c(Cl)ncnc21. The van der Waals surface area contributed by atoms with Crippen LogP contribution in [-0.2, 0) is 17.9 Å². The number of aryl methyl sites for hydroxylation is 1. The number of hydrogen-bond acceptors (Lipinski definition) is 3. The molecule has 0 aliphatic carbocycles. The Morgan fingerprint density at radius 3 is 2.57 bits per heavy atom. The molecule has 0 aliphatic rings. The van der Waals surface area contributed by atoms with Crippen LogP contribution in [0.4, 0.5) is 0 Å². The Balaban J connectivity index is 2.15. The molecule has 0 saturated carbocycles. The van der Waals surface area contributed by atoms with E-state index in [0.717, 1.165) is 23.0 Å². The van der Waals surface area contributed by atoms with Crippen molar-refractivity contribution in [2.75, 3.05) is 6.61 Å². The molecule has 0 amide bonds. The zero-order valence-corrected chi connectivity index (χ0v) is 15.5. The third-order valence-corrected chi connectivity index (χ3v) is 9.25. The molecule has 0 atom stereocenters. The van der Waals surface area contributed by atoms with Crippen molar-refractivity contribution < 1.29 is 4.43 Å². The Morgan fingerprint density at radius 2 is 1.95 bits per heavy atom. The van der Waals surface area contributed by atoms with Crippen molar-refractivity contribution in [3.8, 4) is 0 Å². The average molecular weight is 326 g/mol. The second-order valence-corrected chi connectivity index (χ2v) is 12.2. The molecule has 2 aromatic heterocycles. The monoisotopic (exact) mass is 325 g/mol. The highest BCUT2D eigenvalue weighted by molar-refractivity contribution is 6.74. The van der Waals surface area contributed by atoms with Gasteiger partial charge in [0.15, 0.2) is 8.32 Å². The van der Waals surface area contributed by atoms with Crippen molar-refractivity contribution >= 4 is 31.0 Å². The number of hydrogen-bond donors (Lipinski definition) is 0. The lowest BCUT2D eigenvalue weighted by atomic mass is 10.2. The van der Waals surface area contributed by atoms with Crippen LogP contribution in [-0.4, -0.2) is 29.5 Å². The van der Waals surface area contributed by atoms with Crippen molar-refractivity contribution in [3.05, 3.63) is 23.2 Å². The number of halogens is 1. The van der Waals surface area contributed by atoms with Crippen LogP contribution in [0.15, 0.2) is 12.5 Å². The molecule has 0 unspecified atom stereocenters. The minimum Gasteiger partial charge on any atom is -0.416 e. The zero-order chi connectivity index (χ0) is 15.8. The minimum atomic E-state index is -1.70. The summed E-state index contributed by atoms with van der Waals surface area (Å²) in [4.78, 5) is 8.38. The molecule has 116 valence electrons. The summed E-state index contributed by atoms with van der Waals surface area (Å²) >= 11 is 6.22. The van der Waals surface area contributed by atoms with Gasteiger partial charge in [-0.1, -0.05) is 32.4 Å². The minimum absolute atomic E-state index is 0.229. The van der Waals surface area contributed by atoms with Gasteiger partial charge in [0.25, 0.3) is 0 Å². The molecule has 2 rings (SSSR count). The summed E-state index contributed by atoms with van der Waals surface area (Å²) in [7, 11) is 0.272. The molecule has 0 aromatic carbocycles. The molecule has 0 N–H and O–H groups in total. The second kappa shape index (κ2) is 5.70. The number of nitrogens with zero attached hydrogens (tertiary/aromatic N) is 3. The van der Waals surface area contributed by atoms with Gasteiger partial charge < -0.3 is 8.99 Å². The largest absolute Gasteiger partial charge is 0.416 e. The van der Waals surface area contributed by atoms with Crippen LogP contribution in [0.1, 0.15) is 26.3 Å². The van der Waals surface area contributed by atoms with E-state index in [9.17, 15) is 0 Å². The standard InChI is InChI=1S/C15H24ClN3OSi/c1-15(2,3)21(5,6)20-8-7-11-9-19(4)14-12(11)13(16)17-10-18-14/h9-10H,7-8H2,1-6H3. The first-order valence-electron chi connectivity index (χ1n) is 7.22. The first kappa shape index (κ1) is 16.5. The lowest BCUT2D eigenvalue weighted by Crippen LogP contribution is -2.41. The van der Waals surface area contributed by atoms with Crippen LogP contribution in [0.25, 0.3) is 11.0 Å². The van der Waals surface area contributed by atoms with Crippen LogP contribution in [0.3, 0.4) is 0 Å². The molecule has 4 nitrogen and oxygen atoms in total. The lowest BCUT2D eigenvalue weighted by molar-refractivity contribution is 0.292. The maximum absolute atomic E-state index is 6.24. The lowest BCUT2D eigenvalue weighted by Gasteiger charge is -2.36. The molecule has 0 aliphatic heterocycles. The molecule has 0 spiro atoms. The Kier molecular flexibility index (Phi) is 4.47. The Labute approximate surface area is 132 Å². The van der Waals surface area contributed by atoms with Crippen molar-refractivity contribution in [2.45, 2.75) is 45.3 Å². The van der Waals surface area contributed by atoms with E-state index >= 15 is 0 Å². The van der Waals surface area contributed by atoms with Gasteiger partial charge in [0.1, 0.15) is 17.1 Å². The van der Waals surface area contributed by atoms with E-state index in [4.69, 9.17) is 16.0 Å². The molecule has 0 bridgehead atoms. The van der Waals surface area contributed by atoms with Gasteiger partial charge in [-0.3, -0.25) is 0 Å². The van der Waals surface area contributed by atoms with Gasteiger partial charge in [-0.25, -0.2) is 9.97 Å². The zero-order valence-electron chi connectivity index (χ0n) is 13.7. The smallest absolute Gasteiger partial charge is 0.191 e. The van der Waals surface area contributed by atoms with Gasteiger partial charge in [-0.2, -0.15) is 0 Å². The maximum atomic E-state index is 6.24. The predicted octanol–water partition coefficient (Wildman–Crippen LogP) is 4.19. The Morgan fingerprint density at radius 1 is 1.29 bits per heavy atom. The second-order valence-electron chi connectivity index (χ2n) is 6.99. The van der Waals surface area contributed by atoms with Crippen LogP contribution >= 0.6 is 11.6 Å². The molecular formula is C15H24ClN3OSi. The van der Waals surface area contributed by atoms with Gasteiger partial charge in [0.2, 0.25) is 0 Å². The average Bonchev–Trinajstić information content (AvgIpc) is 2.66. The summed E-state index contributed by atoms with van der Waals surface area (Å²) in [5.41, 5.74) is 2.02. The van der Waals surface area contributed by atoms with E-state index in [1.807, 2.05) is 11.6 Å². The van der Waals surface area contributed by atoms with Crippen molar-refractivity contribution in [1.82, 2.24) is 14.5 Å². The van der Waals surface area contributed by atoms with Crippen LogP contribution in [0, 0.1) is 0 Å². The van der Waals surface area contributed by atoms with E-state index in [0.29, 0.717) is 11.8 Å². The molecular weight excluding hydrogens is 302 g/mol. The summed E-state index contributed by atoms with van der Waals surface area (Å²) in [5, 5.41) is 1.69. The summed E-state index contributed by atoms with van der Waals surface area (Å²) < 4.78 is 8.23. The normalized spacial score (nSPS) is 13.1. The molecule has 2 heterocycles. The first-order valence-corrected chi connectivity index (χ1v) is 10.5. The summed E-state index contributed by atoms with van der Waals surface area (Å²) in [5.74, 6) is 0. The molecule has 0 saturated heterocycles. The highest BCUT2D eigenvalue weighted by atomic mass is 35.5. The van der Waals surface area contributed by atoms with Gasteiger partial charge in [0, 0.05) is 19.9 Å². The van der Waals surface area contributed by atoms with E-state index in [1.54, 1.807) is 0 Å². The fourth-order valence-corrected chi connectivity index (χ4v) is 3.38. The molecule has 0 radical (unpaired) electrons. The van der Waals surface area contributed by atoms with Crippen LogP contribution in [0.5, 0.6) is 0 Å². The Hall–Kier alpha value is -0.913. The summed E-state index contributed by atoms with van der Waals surface area (Å²) in [6.45, 7) is 12.0. The van der Waals surface area contributed by atoms with Crippen molar-refractivity contribution in [2.24, 2.45) is 7.05 Å². The van der Waals surface area contributed by atoms with Gasteiger partial charge in [-0.15, -0.1) is 0 Å². The molecule has 21 heavy (non-hydrogen) atoms. The van der Waals surface area contributed by atoms with Gasteiger partial charge in [-0.05, 0) is 30.1 Å². The van der Waals surface area contributed by atoms with Gasteiger partial charge >= 0.3 is 0 Å². The molecule has 2 aromatic rings. The van der Waals surface area contributed by atoms with Crippen molar-refractivity contribution in [1.29, 1.82) is 0 Å². The Bertz CT molecular complexity index is 646. The maximum Gasteiger partial charge on any atom is 0.191 e.